The van der Waals surface area contributed by atoms with Crippen LogP contribution in [0.15, 0.2) is 42.7 Å². The van der Waals surface area contributed by atoms with E-state index in [0.29, 0.717) is 24.3 Å². The lowest BCUT2D eigenvalue weighted by molar-refractivity contribution is -0.0507. The molecule has 4 heterocycles. The number of hydrogen-bond acceptors (Lipinski definition) is 7. The van der Waals surface area contributed by atoms with E-state index in [9.17, 15) is 10.2 Å². The standard InChI is InChI=1S/C29H38N6O3/c1-29(2,3)17-5-6-20-21(14-17)33-24(32-20)13-16-11-18(12-16)34(4)15-23-25(36)26(37)28(38-23)35-10-8-19-22(35)7-9-31-27(19)30/h5-10,14,16,18,23,25-26,28,36-37H,11-13,15H2,1-4H3,(H2,30,31)(H,32,33)/t16?,18?,23?,25-,26-,28-/m1/s1. The lowest BCUT2D eigenvalue weighted by Crippen LogP contribution is -2.48. The minimum absolute atomic E-state index is 0.110. The van der Waals surface area contributed by atoms with E-state index >= 15 is 0 Å². The number of imidazole rings is 1. The third-order valence-corrected chi connectivity index (χ3v) is 8.47. The Labute approximate surface area is 222 Å². The molecule has 1 unspecified atom stereocenters. The number of anilines is 1. The summed E-state index contributed by atoms with van der Waals surface area (Å²) in [5, 5.41) is 22.4. The van der Waals surface area contributed by atoms with Crippen LogP contribution in [0.2, 0.25) is 0 Å². The fourth-order valence-electron chi connectivity index (χ4n) is 6.00. The molecule has 0 amide bonds. The number of likely N-dealkylation sites (N-methyl/N-ethyl adjacent to an activating group) is 1. The van der Waals surface area contributed by atoms with Crippen molar-refractivity contribution in [3.63, 3.8) is 0 Å². The summed E-state index contributed by atoms with van der Waals surface area (Å²) in [6.07, 6.45) is 3.39. The molecule has 38 heavy (non-hydrogen) atoms. The predicted molar refractivity (Wildman–Crippen MR) is 148 cm³/mol. The molecule has 1 aliphatic heterocycles. The summed E-state index contributed by atoms with van der Waals surface area (Å²) < 4.78 is 8.03. The van der Waals surface area contributed by atoms with Crippen molar-refractivity contribution in [3.05, 3.63) is 54.1 Å². The Morgan fingerprint density at radius 2 is 1.95 bits per heavy atom. The zero-order valence-corrected chi connectivity index (χ0v) is 22.5. The minimum atomic E-state index is -1.03. The largest absolute Gasteiger partial charge is 0.387 e. The Hall–Kier alpha value is -2.98. The maximum Gasteiger partial charge on any atom is 0.163 e. The maximum atomic E-state index is 10.8. The first kappa shape index (κ1) is 25.3. The number of aliphatic hydroxyl groups excluding tert-OH is 2. The zero-order chi connectivity index (χ0) is 26.8. The van der Waals surface area contributed by atoms with Gasteiger partial charge < -0.3 is 35.1 Å². The molecule has 1 saturated carbocycles. The fourth-order valence-corrected chi connectivity index (χ4v) is 6.00. The van der Waals surface area contributed by atoms with E-state index in [1.807, 2.05) is 22.9 Å². The van der Waals surface area contributed by atoms with Crippen LogP contribution in [0.1, 0.15) is 51.2 Å². The SMILES string of the molecule is CN(CC1O[C@@H](n2ccc3c(N)nccc32)[C@H](O)[C@@H]1O)C1CC(Cc2nc3ccc(C(C)(C)C)cc3[nH]2)C1. The average Bonchev–Trinajstić information content (AvgIpc) is 3.52. The number of pyridine rings is 1. The summed E-state index contributed by atoms with van der Waals surface area (Å²) in [6, 6.07) is 10.6. The van der Waals surface area contributed by atoms with E-state index in [1.165, 1.54) is 5.56 Å². The second-order valence-corrected chi connectivity index (χ2v) is 12.2. The fraction of sp³-hybridized carbons (Fsp3) is 0.517. The Morgan fingerprint density at radius 1 is 1.16 bits per heavy atom. The molecule has 0 radical (unpaired) electrons. The number of rotatable bonds is 6. The molecule has 3 aromatic heterocycles. The molecule has 1 aliphatic carbocycles. The van der Waals surface area contributed by atoms with Gasteiger partial charge in [0.15, 0.2) is 6.23 Å². The van der Waals surface area contributed by atoms with Gasteiger partial charge in [0.2, 0.25) is 0 Å². The summed E-state index contributed by atoms with van der Waals surface area (Å²) in [7, 11) is 2.07. The number of nitrogens with two attached hydrogens (primary N) is 1. The molecular formula is C29H38N6O3. The van der Waals surface area contributed by atoms with E-state index in [1.54, 1.807) is 6.20 Å². The molecule has 9 heteroatoms. The topological polar surface area (TPSA) is 125 Å². The number of fused-ring (bicyclic) bond motifs is 2. The highest BCUT2D eigenvalue weighted by molar-refractivity contribution is 5.89. The monoisotopic (exact) mass is 518 g/mol. The van der Waals surface area contributed by atoms with E-state index in [2.05, 4.69) is 60.9 Å². The van der Waals surface area contributed by atoms with Crippen molar-refractivity contribution in [1.82, 2.24) is 24.4 Å². The number of nitrogens with zero attached hydrogens (tertiary/aromatic N) is 4. The molecule has 9 nitrogen and oxygen atoms in total. The van der Waals surface area contributed by atoms with Crippen molar-refractivity contribution in [2.45, 2.75) is 76.0 Å². The lowest BCUT2D eigenvalue weighted by atomic mass is 9.77. The van der Waals surface area contributed by atoms with Crippen molar-refractivity contribution in [3.8, 4) is 0 Å². The van der Waals surface area contributed by atoms with Gasteiger partial charge in [0, 0.05) is 36.8 Å². The van der Waals surface area contributed by atoms with Crippen LogP contribution in [0.4, 0.5) is 5.82 Å². The van der Waals surface area contributed by atoms with Crippen LogP contribution >= 0.6 is 0 Å². The van der Waals surface area contributed by atoms with E-state index in [4.69, 9.17) is 15.5 Å². The van der Waals surface area contributed by atoms with Crippen LogP contribution in [-0.4, -0.2) is 72.6 Å². The first-order valence-corrected chi connectivity index (χ1v) is 13.5. The van der Waals surface area contributed by atoms with E-state index in [0.717, 1.165) is 47.0 Å². The number of H-pyrrole nitrogens is 1. The Bertz CT molecular complexity index is 1450. The smallest absolute Gasteiger partial charge is 0.163 e. The molecular weight excluding hydrogens is 480 g/mol. The van der Waals surface area contributed by atoms with Crippen LogP contribution in [0.25, 0.3) is 21.9 Å². The number of nitrogens with one attached hydrogen (secondary N) is 1. The number of hydrogen-bond donors (Lipinski definition) is 4. The Kier molecular flexibility index (Phi) is 6.22. The second kappa shape index (κ2) is 9.34. The molecule has 2 aliphatic rings. The van der Waals surface area contributed by atoms with Crippen molar-refractivity contribution in [2.75, 3.05) is 19.3 Å². The average molecular weight is 519 g/mol. The Morgan fingerprint density at radius 3 is 2.71 bits per heavy atom. The van der Waals surface area contributed by atoms with E-state index in [-0.39, 0.29) is 5.41 Å². The molecule has 5 N–H and O–H groups in total. The van der Waals surface area contributed by atoms with Crippen LogP contribution in [-0.2, 0) is 16.6 Å². The van der Waals surface area contributed by atoms with E-state index < -0.39 is 24.5 Å². The molecule has 4 aromatic rings. The highest BCUT2D eigenvalue weighted by Gasteiger charge is 2.45. The second-order valence-electron chi connectivity index (χ2n) is 12.2. The first-order valence-electron chi connectivity index (χ1n) is 13.5. The number of aromatic amines is 1. The van der Waals surface area contributed by atoms with Gasteiger partial charge in [-0.15, -0.1) is 0 Å². The lowest BCUT2D eigenvalue weighted by Gasteiger charge is -2.42. The van der Waals surface area contributed by atoms with Crippen LogP contribution in [0.5, 0.6) is 0 Å². The van der Waals surface area contributed by atoms with Crippen molar-refractivity contribution >= 4 is 27.8 Å². The molecule has 1 saturated heterocycles. The molecule has 6 rings (SSSR count). The van der Waals surface area contributed by atoms with Gasteiger partial charge in [0.25, 0.3) is 0 Å². The zero-order valence-electron chi connectivity index (χ0n) is 22.5. The van der Waals surface area contributed by atoms with Crippen molar-refractivity contribution < 1.29 is 14.9 Å². The van der Waals surface area contributed by atoms with Crippen molar-refractivity contribution in [1.29, 1.82) is 0 Å². The van der Waals surface area contributed by atoms with Gasteiger partial charge in [-0.05, 0) is 61.1 Å². The van der Waals surface area contributed by atoms with Crippen molar-refractivity contribution in [2.24, 2.45) is 5.92 Å². The quantitative estimate of drug-likeness (QED) is 0.308. The van der Waals surface area contributed by atoms with Crippen LogP contribution in [0.3, 0.4) is 0 Å². The maximum absolute atomic E-state index is 10.8. The normalized spacial score (nSPS) is 28.0. The number of nitrogen functional groups attached to an aromatic ring is 1. The first-order chi connectivity index (χ1) is 18.1. The van der Waals surface area contributed by atoms with Gasteiger partial charge in [0.1, 0.15) is 30.0 Å². The van der Waals surface area contributed by atoms with Crippen LogP contribution < -0.4 is 5.73 Å². The molecule has 0 bridgehead atoms. The van der Waals surface area contributed by atoms with Gasteiger partial charge in [-0.1, -0.05) is 26.8 Å². The number of benzene rings is 1. The summed E-state index contributed by atoms with van der Waals surface area (Å²) >= 11 is 0. The highest BCUT2D eigenvalue weighted by Crippen LogP contribution is 2.37. The molecule has 202 valence electrons. The van der Waals surface area contributed by atoms with Gasteiger partial charge in [0.05, 0.1) is 16.6 Å². The molecule has 2 fully saturated rings. The number of aromatic nitrogens is 4. The summed E-state index contributed by atoms with van der Waals surface area (Å²) in [6.45, 7) is 7.23. The Balaban J connectivity index is 1.05. The van der Waals surface area contributed by atoms with Crippen LogP contribution in [0, 0.1) is 5.92 Å². The van der Waals surface area contributed by atoms with Gasteiger partial charge >= 0.3 is 0 Å². The third-order valence-electron chi connectivity index (χ3n) is 8.47. The predicted octanol–water partition coefficient (Wildman–Crippen LogP) is 3.36. The van der Waals surface area contributed by atoms with Gasteiger partial charge in [-0.3, -0.25) is 0 Å². The number of aliphatic hydroxyl groups is 2. The summed E-state index contributed by atoms with van der Waals surface area (Å²) in [5.41, 5.74) is 10.4. The molecule has 0 spiro atoms. The summed E-state index contributed by atoms with van der Waals surface area (Å²) in [5.74, 6) is 2.05. The minimum Gasteiger partial charge on any atom is -0.387 e. The van der Waals surface area contributed by atoms with Gasteiger partial charge in [-0.25, -0.2) is 9.97 Å². The highest BCUT2D eigenvalue weighted by atomic mass is 16.6. The molecule has 4 atom stereocenters. The number of ether oxygens (including phenoxy) is 1. The molecule has 1 aromatic carbocycles. The summed E-state index contributed by atoms with van der Waals surface area (Å²) in [4.78, 5) is 14.7. The third kappa shape index (κ3) is 4.47. The van der Waals surface area contributed by atoms with Gasteiger partial charge in [-0.2, -0.15) is 0 Å².